The Kier molecular flexibility index (Phi) is 5.29. The standard InChI is InChI=1S/C16H20ClN7S/c1-4-7-24-12-6-5-10(17)8-11(12)19-16(24)25-9-13-20-14(18)22-15(21-13)23(2)3/h5-6,8H,4,7,9H2,1-3H3,(H2,18,20,21,22). The number of imidazole rings is 1. The normalized spacial score (nSPS) is 11.2. The number of nitrogens with two attached hydrogens (primary N) is 1. The maximum atomic E-state index is 6.09. The molecule has 0 aliphatic heterocycles. The van der Waals surface area contributed by atoms with Gasteiger partial charge >= 0.3 is 0 Å². The Labute approximate surface area is 155 Å². The molecule has 9 heteroatoms. The van der Waals surface area contributed by atoms with Crippen LogP contribution in [-0.2, 0) is 12.3 Å². The molecule has 0 spiro atoms. The number of hydrogen-bond donors (Lipinski definition) is 1. The van der Waals surface area contributed by atoms with Crippen LogP contribution in [0, 0.1) is 0 Å². The lowest BCUT2D eigenvalue weighted by atomic mass is 10.3. The number of nitrogens with zero attached hydrogens (tertiary/aromatic N) is 6. The zero-order valence-electron chi connectivity index (χ0n) is 14.4. The third-order valence-electron chi connectivity index (χ3n) is 3.54. The number of rotatable bonds is 6. The van der Waals surface area contributed by atoms with Gasteiger partial charge in [0.2, 0.25) is 11.9 Å². The van der Waals surface area contributed by atoms with Gasteiger partial charge in [-0.25, -0.2) is 4.98 Å². The molecule has 0 radical (unpaired) electrons. The lowest BCUT2D eigenvalue weighted by Gasteiger charge is -2.11. The van der Waals surface area contributed by atoms with E-state index in [0.717, 1.165) is 29.2 Å². The highest BCUT2D eigenvalue weighted by molar-refractivity contribution is 7.98. The second-order valence-corrected chi connectivity index (χ2v) is 7.15. The SMILES string of the molecule is CCCn1c(SCc2nc(N)nc(N(C)C)n2)nc2cc(Cl)ccc21. The van der Waals surface area contributed by atoms with Gasteiger partial charge in [-0.3, -0.25) is 0 Å². The number of thioether (sulfide) groups is 1. The van der Waals surface area contributed by atoms with Gasteiger partial charge in [0.15, 0.2) is 5.16 Å². The molecular formula is C16H20ClN7S. The van der Waals surface area contributed by atoms with Crippen molar-refractivity contribution in [3.05, 3.63) is 29.0 Å². The number of aromatic nitrogens is 5. The molecule has 0 aliphatic carbocycles. The molecule has 0 bridgehead atoms. The monoisotopic (exact) mass is 377 g/mol. The van der Waals surface area contributed by atoms with Gasteiger partial charge in [-0.15, -0.1) is 0 Å². The van der Waals surface area contributed by atoms with E-state index < -0.39 is 0 Å². The van der Waals surface area contributed by atoms with Gasteiger partial charge in [0.1, 0.15) is 5.82 Å². The molecule has 0 saturated carbocycles. The van der Waals surface area contributed by atoms with Crippen LogP contribution in [0.2, 0.25) is 5.02 Å². The highest BCUT2D eigenvalue weighted by atomic mass is 35.5. The fraction of sp³-hybridized carbons (Fsp3) is 0.375. The molecule has 0 amide bonds. The number of benzene rings is 1. The van der Waals surface area contributed by atoms with Crippen LogP contribution in [0.3, 0.4) is 0 Å². The molecule has 0 saturated heterocycles. The number of nitrogen functional groups attached to an aromatic ring is 1. The molecule has 7 nitrogen and oxygen atoms in total. The maximum absolute atomic E-state index is 6.09. The highest BCUT2D eigenvalue weighted by Crippen LogP contribution is 2.28. The predicted octanol–water partition coefficient (Wildman–Crippen LogP) is 3.23. The zero-order chi connectivity index (χ0) is 18.0. The lowest BCUT2D eigenvalue weighted by molar-refractivity contribution is 0.638. The number of aryl methyl sites for hydroxylation is 1. The molecule has 3 aromatic rings. The van der Waals surface area contributed by atoms with Crippen molar-refractivity contribution < 1.29 is 0 Å². The van der Waals surface area contributed by atoms with E-state index in [1.807, 2.05) is 32.3 Å². The highest BCUT2D eigenvalue weighted by Gasteiger charge is 2.13. The largest absolute Gasteiger partial charge is 0.368 e. The van der Waals surface area contributed by atoms with Gasteiger partial charge in [-0.1, -0.05) is 30.3 Å². The van der Waals surface area contributed by atoms with Crippen LogP contribution in [0.4, 0.5) is 11.9 Å². The van der Waals surface area contributed by atoms with Crippen LogP contribution in [0.1, 0.15) is 19.2 Å². The van der Waals surface area contributed by atoms with Crippen LogP contribution < -0.4 is 10.6 Å². The first-order valence-corrected chi connectivity index (χ1v) is 9.30. The molecule has 2 heterocycles. The number of fused-ring (bicyclic) bond motifs is 1. The average Bonchev–Trinajstić information content (AvgIpc) is 2.89. The van der Waals surface area contributed by atoms with Gasteiger partial charge in [0.05, 0.1) is 16.8 Å². The minimum Gasteiger partial charge on any atom is -0.368 e. The summed E-state index contributed by atoms with van der Waals surface area (Å²) in [5, 5.41) is 1.61. The van der Waals surface area contributed by atoms with Crippen LogP contribution in [0.15, 0.2) is 23.4 Å². The van der Waals surface area contributed by atoms with Crippen molar-refractivity contribution in [1.82, 2.24) is 24.5 Å². The number of halogens is 1. The van der Waals surface area contributed by atoms with E-state index in [-0.39, 0.29) is 5.95 Å². The predicted molar refractivity (Wildman–Crippen MR) is 103 cm³/mol. The summed E-state index contributed by atoms with van der Waals surface area (Å²) in [6.07, 6.45) is 1.02. The third-order valence-corrected chi connectivity index (χ3v) is 4.75. The Balaban J connectivity index is 1.89. The second-order valence-electron chi connectivity index (χ2n) is 5.77. The van der Waals surface area contributed by atoms with E-state index in [1.54, 1.807) is 16.7 Å². The van der Waals surface area contributed by atoms with Gasteiger partial charge < -0.3 is 15.2 Å². The molecule has 0 fully saturated rings. The molecule has 0 atom stereocenters. The Bertz CT molecular complexity index is 894. The van der Waals surface area contributed by atoms with Crippen LogP contribution in [-0.4, -0.2) is 38.6 Å². The topological polar surface area (TPSA) is 85.8 Å². The van der Waals surface area contributed by atoms with Gasteiger partial charge in [-0.2, -0.15) is 15.0 Å². The maximum Gasteiger partial charge on any atom is 0.229 e. The molecule has 2 aromatic heterocycles. The Hall–Kier alpha value is -2.06. The summed E-state index contributed by atoms with van der Waals surface area (Å²) in [6.45, 7) is 3.04. The van der Waals surface area contributed by atoms with Crippen LogP contribution in [0.5, 0.6) is 0 Å². The van der Waals surface area contributed by atoms with Crippen molar-refractivity contribution in [2.24, 2.45) is 0 Å². The lowest BCUT2D eigenvalue weighted by Crippen LogP contribution is -2.16. The van der Waals surface area contributed by atoms with Crippen molar-refractivity contribution in [1.29, 1.82) is 0 Å². The summed E-state index contributed by atoms with van der Waals surface area (Å²) >= 11 is 7.68. The van der Waals surface area contributed by atoms with E-state index in [9.17, 15) is 0 Å². The first-order valence-electron chi connectivity index (χ1n) is 7.94. The Morgan fingerprint density at radius 1 is 1.20 bits per heavy atom. The molecule has 1 aromatic carbocycles. The quantitative estimate of drug-likeness (QED) is 0.660. The zero-order valence-corrected chi connectivity index (χ0v) is 16.0. The molecule has 0 aliphatic rings. The fourth-order valence-electron chi connectivity index (χ4n) is 2.45. The number of hydrogen-bond acceptors (Lipinski definition) is 7. The van der Waals surface area contributed by atoms with Gasteiger partial charge in [0, 0.05) is 25.7 Å². The minimum atomic E-state index is 0.225. The Morgan fingerprint density at radius 3 is 2.72 bits per heavy atom. The van der Waals surface area contributed by atoms with Gasteiger partial charge in [0.25, 0.3) is 0 Å². The summed E-state index contributed by atoms with van der Waals surface area (Å²) in [5.74, 6) is 1.98. The van der Waals surface area contributed by atoms with E-state index >= 15 is 0 Å². The van der Waals surface area contributed by atoms with Crippen molar-refractivity contribution in [3.8, 4) is 0 Å². The summed E-state index contributed by atoms with van der Waals surface area (Å²) in [6, 6.07) is 5.79. The molecule has 0 unspecified atom stereocenters. The molecular weight excluding hydrogens is 358 g/mol. The van der Waals surface area contributed by atoms with E-state index in [1.165, 1.54) is 0 Å². The van der Waals surface area contributed by atoms with Crippen molar-refractivity contribution in [2.45, 2.75) is 30.8 Å². The fourth-order valence-corrected chi connectivity index (χ4v) is 3.51. The molecule has 132 valence electrons. The van der Waals surface area contributed by atoms with E-state index in [0.29, 0.717) is 22.5 Å². The van der Waals surface area contributed by atoms with E-state index in [4.69, 9.17) is 22.3 Å². The summed E-state index contributed by atoms with van der Waals surface area (Å²) in [4.78, 5) is 19.3. The second kappa shape index (κ2) is 7.45. The number of anilines is 2. The average molecular weight is 378 g/mol. The van der Waals surface area contributed by atoms with Gasteiger partial charge in [-0.05, 0) is 24.6 Å². The van der Waals surface area contributed by atoms with Crippen LogP contribution >= 0.6 is 23.4 Å². The smallest absolute Gasteiger partial charge is 0.229 e. The minimum absolute atomic E-state index is 0.225. The molecule has 25 heavy (non-hydrogen) atoms. The Morgan fingerprint density at radius 2 is 2.00 bits per heavy atom. The summed E-state index contributed by atoms with van der Waals surface area (Å²) in [7, 11) is 3.74. The van der Waals surface area contributed by atoms with Crippen molar-refractivity contribution in [3.63, 3.8) is 0 Å². The first-order chi connectivity index (χ1) is 12.0. The molecule has 3 rings (SSSR count). The van der Waals surface area contributed by atoms with Crippen molar-refractivity contribution in [2.75, 3.05) is 24.7 Å². The van der Waals surface area contributed by atoms with Crippen LogP contribution in [0.25, 0.3) is 11.0 Å². The first kappa shape index (κ1) is 17.8. The van der Waals surface area contributed by atoms with E-state index in [2.05, 4.69) is 26.4 Å². The molecule has 2 N–H and O–H groups in total. The third kappa shape index (κ3) is 3.96. The summed E-state index contributed by atoms with van der Waals surface area (Å²) < 4.78 is 2.20. The summed E-state index contributed by atoms with van der Waals surface area (Å²) in [5.41, 5.74) is 7.77. The van der Waals surface area contributed by atoms with Crippen molar-refractivity contribution >= 4 is 46.3 Å².